The predicted octanol–water partition coefficient (Wildman–Crippen LogP) is 1.79. The first-order valence-electron chi connectivity index (χ1n) is 6.22. The lowest BCUT2D eigenvalue weighted by molar-refractivity contribution is -0.140. The molecule has 18 heavy (non-hydrogen) atoms. The Morgan fingerprint density at radius 2 is 1.44 bits per heavy atom. The summed E-state index contributed by atoms with van der Waals surface area (Å²) in [6.45, 7) is 14.1. The SMILES string of the molecule is CC(O[Si](C)(C)C)=C(O[Si](C)(C)C)C(=O)OC[SiH3]. The van der Waals surface area contributed by atoms with Gasteiger partial charge in [-0.3, -0.25) is 0 Å². The zero-order valence-electron chi connectivity index (χ0n) is 12.8. The average molecular weight is 307 g/mol. The van der Waals surface area contributed by atoms with Crippen LogP contribution in [0, 0.1) is 0 Å². The van der Waals surface area contributed by atoms with Gasteiger partial charge in [0.15, 0.2) is 0 Å². The van der Waals surface area contributed by atoms with Crippen molar-refractivity contribution in [1.29, 1.82) is 0 Å². The van der Waals surface area contributed by atoms with Crippen LogP contribution in [0.5, 0.6) is 0 Å². The van der Waals surface area contributed by atoms with E-state index in [-0.39, 0.29) is 5.76 Å². The fraction of sp³-hybridized carbons (Fsp3) is 0.727. The third kappa shape index (κ3) is 7.72. The summed E-state index contributed by atoms with van der Waals surface area (Å²) in [4.78, 5) is 11.9. The highest BCUT2D eigenvalue weighted by Gasteiger charge is 2.27. The summed E-state index contributed by atoms with van der Waals surface area (Å²) in [6, 6.07) is 0. The molecule has 0 spiro atoms. The van der Waals surface area contributed by atoms with Gasteiger partial charge in [-0.2, -0.15) is 0 Å². The monoisotopic (exact) mass is 306 g/mol. The van der Waals surface area contributed by atoms with Crippen LogP contribution in [-0.2, 0) is 18.4 Å². The van der Waals surface area contributed by atoms with Crippen LogP contribution in [0.4, 0.5) is 0 Å². The molecular formula is C11H26O4Si3. The first-order chi connectivity index (χ1) is 7.96. The Labute approximate surface area is 115 Å². The third-order valence-electron chi connectivity index (χ3n) is 1.65. The molecule has 0 aliphatic carbocycles. The fourth-order valence-corrected chi connectivity index (χ4v) is 3.38. The second-order valence-electron chi connectivity index (χ2n) is 6.03. The molecule has 0 aromatic rings. The summed E-state index contributed by atoms with van der Waals surface area (Å²) >= 11 is 0. The van der Waals surface area contributed by atoms with E-state index in [1.165, 1.54) is 0 Å². The molecule has 0 atom stereocenters. The molecule has 106 valence electrons. The maximum Gasteiger partial charge on any atom is 0.375 e. The number of hydrogen-bond acceptors (Lipinski definition) is 4. The number of rotatable bonds is 6. The van der Waals surface area contributed by atoms with Gasteiger partial charge in [0.1, 0.15) is 5.76 Å². The van der Waals surface area contributed by atoms with Crippen LogP contribution in [0.3, 0.4) is 0 Å². The van der Waals surface area contributed by atoms with E-state index in [1.54, 1.807) is 6.92 Å². The summed E-state index contributed by atoms with van der Waals surface area (Å²) < 4.78 is 16.7. The smallest absolute Gasteiger partial charge is 0.375 e. The van der Waals surface area contributed by atoms with Crippen molar-refractivity contribution in [2.24, 2.45) is 0 Å². The Morgan fingerprint density at radius 3 is 1.78 bits per heavy atom. The van der Waals surface area contributed by atoms with E-state index in [9.17, 15) is 4.79 Å². The lowest BCUT2D eigenvalue weighted by Gasteiger charge is -2.25. The predicted molar refractivity (Wildman–Crippen MR) is 82.5 cm³/mol. The van der Waals surface area contributed by atoms with Gasteiger partial charge in [-0.15, -0.1) is 0 Å². The number of esters is 1. The second-order valence-corrected chi connectivity index (χ2v) is 15.5. The van der Waals surface area contributed by atoms with Gasteiger partial charge in [0.05, 0.1) is 16.5 Å². The van der Waals surface area contributed by atoms with E-state index in [0.717, 1.165) is 10.2 Å². The Bertz CT molecular complexity index is 326. The van der Waals surface area contributed by atoms with Crippen LogP contribution in [0.1, 0.15) is 6.92 Å². The molecule has 0 saturated carbocycles. The van der Waals surface area contributed by atoms with Crippen molar-refractivity contribution in [3.05, 3.63) is 11.5 Å². The van der Waals surface area contributed by atoms with Crippen LogP contribution >= 0.6 is 0 Å². The van der Waals surface area contributed by atoms with Gasteiger partial charge >= 0.3 is 5.97 Å². The topological polar surface area (TPSA) is 44.8 Å². The minimum atomic E-state index is -1.86. The van der Waals surface area contributed by atoms with Gasteiger partial charge in [0.2, 0.25) is 22.4 Å². The first-order valence-corrected chi connectivity index (χ1v) is 14.5. The molecule has 0 aliphatic heterocycles. The molecule has 0 saturated heterocycles. The van der Waals surface area contributed by atoms with E-state index in [0.29, 0.717) is 12.0 Å². The molecule has 7 heteroatoms. The van der Waals surface area contributed by atoms with E-state index < -0.39 is 22.6 Å². The minimum Gasteiger partial charge on any atom is -0.545 e. The molecule has 0 aromatic heterocycles. The molecule has 0 bridgehead atoms. The largest absolute Gasteiger partial charge is 0.545 e. The molecule has 0 heterocycles. The molecule has 0 radical (unpaired) electrons. The number of carbonyl (C=O) groups is 1. The highest BCUT2D eigenvalue weighted by atomic mass is 28.4. The molecule has 0 N–H and O–H groups in total. The van der Waals surface area contributed by atoms with Gasteiger partial charge in [-0.1, -0.05) is 0 Å². The third-order valence-corrected chi connectivity index (χ3v) is 3.67. The highest BCUT2D eigenvalue weighted by molar-refractivity contribution is 6.70. The van der Waals surface area contributed by atoms with Crippen LogP contribution in [0.25, 0.3) is 0 Å². The average Bonchev–Trinajstić information content (AvgIpc) is 2.10. The van der Waals surface area contributed by atoms with Crippen LogP contribution in [0.2, 0.25) is 39.3 Å². The van der Waals surface area contributed by atoms with Crippen molar-refractivity contribution >= 4 is 32.8 Å². The van der Waals surface area contributed by atoms with Crippen molar-refractivity contribution in [1.82, 2.24) is 0 Å². The summed E-state index contributed by atoms with van der Waals surface area (Å²) in [7, 11) is -2.79. The summed E-state index contributed by atoms with van der Waals surface area (Å²) in [5.41, 5.74) is 0. The fourth-order valence-electron chi connectivity index (χ4n) is 1.27. The molecule has 4 nitrogen and oxygen atoms in total. The van der Waals surface area contributed by atoms with E-state index in [2.05, 4.69) is 19.6 Å². The molecule has 0 amide bonds. The van der Waals surface area contributed by atoms with Crippen molar-refractivity contribution < 1.29 is 18.4 Å². The Morgan fingerprint density at radius 1 is 1.00 bits per heavy atom. The summed E-state index contributed by atoms with van der Waals surface area (Å²) in [6.07, 6.45) is 0.470. The normalized spacial score (nSPS) is 13.9. The van der Waals surface area contributed by atoms with E-state index >= 15 is 0 Å². The van der Waals surface area contributed by atoms with Crippen molar-refractivity contribution in [2.75, 3.05) is 6.23 Å². The lowest BCUT2D eigenvalue weighted by Crippen LogP contribution is -2.31. The molecule has 0 rings (SSSR count). The van der Waals surface area contributed by atoms with Crippen molar-refractivity contribution in [2.45, 2.75) is 46.2 Å². The second kappa shape index (κ2) is 6.58. The summed E-state index contributed by atoms with van der Waals surface area (Å²) in [5, 5.41) is 0. The lowest BCUT2D eigenvalue weighted by atomic mass is 10.4. The van der Waals surface area contributed by atoms with Crippen molar-refractivity contribution in [3.8, 4) is 0 Å². The van der Waals surface area contributed by atoms with Gasteiger partial charge in [0, 0.05) is 0 Å². The number of ether oxygens (including phenoxy) is 1. The number of hydrogen-bond donors (Lipinski definition) is 0. The van der Waals surface area contributed by atoms with E-state index in [1.807, 2.05) is 19.6 Å². The molecule has 0 fully saturated rings. The Hall–Kier alpha value is -0.539. The standard InChI is InChI=1S/C11H26O4Si3/c1-9(14-17(2,3)4)10(11(12)13-8-16)15-18(5,6)7/h8H2,1-7,16H3. The van der Waals surface area contributed by atoms with Gasteiger partial charge in [-0.05, 0) is 46.2 Å². The maximum absolute atomic E-state index is 11.9. The first kappa shape index (κ1) is 17.5. The zero-order chi connectivity index (χ0) is 14.6. The maximum atomic E-state index is 11.9. The van der Waals surface area contributed by atoms with Crippen LogP contribution in [-0.4, -0.2) is 39.1 Å². The molecule has 0 aliphatic rings. The van der Waals surface area contributed by atoms with Crippen molar-refractivity contribution in [3.63, 3.8) is 0 Å². The quantitative estimate of drug-likeness (QED) is 0.325. The molecule has 0 aromatic carbocycles. The Kier molecular flexibility index (Phi) is 6.38. The van der Waals surface area contributed by atoms with Crippen LogP contribution in [0.15, 0.2) is 11.5 Å². The van der Waals surface area contributed by atoms with Crippen LogP contribution < -0.4 is 0 Å². The number of carbonyl (C=O) groups excluding carboxylic acids is 1. The van der Waals surface area contributed by atoms with E-state index in [4.69, 9.17) is 13.6 Å². The molecular weight excluding hydrogens is 280 g/mol. The van der Waals surface area contributed by atoms with Gasteiger partial charge in [0.25, 0.3) is 0 Å². The zero-order valence-corrected chi connectivity index (χ0v) is 16.8. The number of allylic oxidation sites excluding steroid dienone is 1. The Balaban J connectivity index is 5.18. The van der Waals surface area contributed by atoms with Gasteiger partial charge < -0.3 is 13.6 Å². The van der Waals surface area contributed by atoms with Gasteiger partial charge in [-0.25, -0.2) is 4.79 Å². The summed E-state index contributed by atoms with van der Waals surface area (Å²) in [5.74, 6) is 0.410. The highest BCUT2D eigenvalue weighted by Crippen LogP contribution is 2.19. The minimum absolute atomic E-state index is 0.257. The molecule has 0 unspecified atom stereocenters.